The van der Waals surface area contributed by atoms with E-state index in [1.807, 2.05) is 6.92 Å². The van der Waals surface area contributed by atoms with Crippen molar-refractivity contribution < 1.29 is 0 Å². The van der Waals surface area contributed by atoms with Crippen LogP contribution in [0, 0.1) is 19.8 Å². The quantitative estimate of drug-likeness (QED) is 0.571. The van der Waals surface area contributed by atoms with Crippen molar-refractivity contribution in [2.45, 2.75) is 46.7 Å². The molecule has 152 valence electrons. The second-order valence-corrected chi connectivity index (χ2v) is 7.85. The molecule has 1 aromatic carbocycles. The lowest BCUT2D eigenvalue weighted by atomic mass is 10.2. The predicted molar refractivity (Wildman–Crippen MR) is 117 cm³/mol. The Hall–Kier alpha value is -2.50. The minimum atomic E-state index is 0.421. The van der Waals surface area contributed by atoms with E-state index < -0.39 is 0 Å². The van der Waals surface area contributed by atoms with Crippen LogP contribution in [0.5, 0.6) is 0 Å². The van der Waals surface area contributed by atoms with E-state index in [9.17, 15) is 0 Å². The highest BCUT2D eigenvalue weighted by atomic mass is 15.3. The van der Waals surface area contributed by atoms with Crippen LogP contribution in [0.4, 0.5) is 5.69 Å². The molecule has 6 heteroatoms. The van der Waals surface area contributed by atoms with Gasteiger partial charge in [0, 0.05) is 50.1 Å². The van der Waals surface area contributed by atoms with Crippen LogP contribution in [-0.4, -0.2) is 48.0 Å². The standard InChI is InChI=1S/C22H34N6/c1-5-23-22(24-14-17(2)15-28-19(4)13-18(3)26-28)25-20-11-12-27(16-20)21-9-7-6-8-10-21/h6-10,13,17,20H,5,11-12,14-16H2,1-4H3,(H2,23,24,25). The van der Waals surface area contributed by atoms with Gasteiger partial charge in [-0.15, -0.1) is 0 Å². The summed E-state index contributed by atoms with van der Waals surface area (Å²) in [4.78, 5) is 7.28. The van der Waals surface area contributed by atoms with E-state index >= 15 is 0 Å². The third kappa shape index (κ3) is 5.50. The van der Waals surface area contributed by atoms with Gasteiger partial charge in [0.05, 0.1) is 5.69 Å². The molecule has 2 atom stereocenters. The summed E-state index contributed by atoms with van der Waals surface area (Å²) in [5.41, 5.74) is 3.59. The maximum atomic E-state index is 4.84. The summed E-state index contributed by atoms with van der Waals surface area (Å²) in [6.45, 7) is 13.1. The molecule has 2 heterocycles. The third-order valence-corrected chi connectivity index (χ3v) is 5.14. The lowest BCUT2D eigenvalue weighted by Gasteiger charge is -2.20. The fourth-order valence-electron chi connectivity index (χ4n) is 3.72. The van der Waals surface area contributed by atoms with Crippen LogP contribution >= 0.6 is 0 Å². The summed E-state index contributed by atoms with van der Waals surface area (Å²) < 4.78 is 2.09. The lowest BCUT2D eigenvalue weighted by Crippen LogP contribution is -2.44. The van der Waals surface area contributed by atoms with E-state index in [4.69, 9.17) is 4.99 Å². The Morgan fingerprint density at radius 3 is 2.75 bits per heavy atom. The van der Waals surface area contributed by atoms with Gasteiger partial charge >= 0.3 is 0 Å². The Labute approximate surface area is 169 Å². The molecule has 0 aliphatic carbocycles. The first-order valence-electron chi connectivity index (χ1n) is 10.4. The number of hydrogen-bond donors (Lipinski definition) is 2. The molecule has 1 fully saturated rings. The van der Waals surface area contributed by atoms with Gasteiger partial charge in [0.1, 0.15) is 0 Å². The minimum absolute atomic E-state index is 0.421. The molecular weight excluding hydrogens is 348 g/mol. The van der Waals surface area contributed by atoms with Gasteiger partial charge in [0.15, 0.2) is 5.96 Å². The Morgan fingerprint density at radius 1 is 1.29 bits per heavy atom. The fraction of sp³-hybridized carbons (Fsp3) is 0.545. The molecule has 0 saturated carbocycles. The topological polar surface area (TPSA) is 57.5 Å². The molecule has 6 nitrogen and oxygen atoms in total. The van der Waals surface area contributed by atoms with Crippen molar-refractivity contribution in [3.8, 4) is 0 Å². The molecule has 2 aromatic rings. The van der Waals surface area contributed by atoms with Gasteiger partial charge < -0.3 is 15.5 Å². The number of para-hydroxylation sites is 1. The second kappa shape index (κ2) is 9.62. The third-order valence-electron chi connectivity index (χ3n) is 5.14. The summed E-state index contributed by atoms with van der Waals surface area (Å²) >= 11 is 0. The molecule has 0 radical (unpaired) electrons. The van der Waals surface area contributed by atoms with Crippen molar-refractivity contribution in [1.82, 2.24) is 20.4 Å². The highest BCUT2D eigenvalue weighted by Crippen LogP contribution is 2.19. The summed E-state index contributed by atoms with van der Waals surface area (Å²) in [7, 11) is 0. The molecule has 0 spiro atoms. The van der Waals surface area contributed by atoms with Crippen molar-refractivity contribution in [2.24, 2.45) is 10.9 Å². The van der Waals surface area contributed by atoms with Gasteiger partial charge in [-0.2, -0.15) is 5.10 Å². The van der Waals surface area contributed by atoms with E-state index in [0.29, 0.717) is 12.0 Å². The smallest absolute Gasteiger partial charge is 0.191 e. The fourth-order valence-corrected chi connectivity index (χ4v) is 3.72. The Kier molecular flexibility index (Phi) is 6.95. The van der Waals surface area contributed by atoms with Crippen LogP contribution < -0.4 is 15.5 Å². The molecule has 1 aliphatic rings. The van der Waals surface area contributed by atoms with Crippen molar-refractivity contribution in [1.29, 1.82) is 0 Å². The summed E-state index contributed by atoms with van der Waals surface area (Å²) in [5, 5.41) is 11.6. The van der Waals surface area contributed by atoms with E-state index in [-0.39, 0.29) is 0 Å². The summed E-state index contributed by atoms with van der Waals surface area (Å²) in [6.07, 6.45) is 1.13. The Bertz CT molecular complexity index is 767. The molecule has 2 unspecified atom stereocenters. The number of guanidine groups is 1. The molecule has 1 aliphatic heterocycles. The second-order valence-electron chi connectivity index (χ2n) is 7.85. The number of nitrogens with zero attached hydrogens (tertiary/aromatic N) is 4. The van der Waals surface area contributed by atoms with Gasteiger partial charge in [-0.25, -0.2) is 0 Å². The number of aromatic nitrogens is 2. The number of rotatable bonds is 7. The largest absolute Gasteiger partial charge is 0.369 e. The normalized spacial score (nSPS) is 18.4. The monoisotopic (exact) mass is 382 g/mol. The van der Waals surface area contributed by atoms with Crippen molar-refractivity contribution in [2.75, 3.05) is 31.1 Å². The number of hydrogen-bond acceptors (Lipinski definition) is 3. The Balaban J connectivity index is 1.53. The first-order chi connectivity index (χ1) is 13.5. The summed E-state index contributed by atoms with van der Waals surface area (Å²) in [6, 6.07) is 13.2. The molecule has 2 N–H and O–H groups in total. The van der Waals surface area contributed by atoms with Crippen LogP contribution in [0.3, 0.4) is 0 Å². The van der Waals surface area contributed by atoms with Crippen LogP contribution in [0.2, 0.25) is 0 Å². The van der Waals surface area contributed by atoms with Gasteiger partial charge in [-0.05, 0) is 51.3 Å². The van der Waals surface area contributed by atoms with Crippen LogP contribution in [-0.2, 0) is 6.54 Å². The Morgan fingerprint density at radius 2 is 2.07 bits per heavy atom. The molecule has 1 aromatic heterocycles. The average molecular weight is 383 g/mol. The molecule has 1 saturated heterocycles. The van der Waals surface area contributed by atoms with Gasteiger partial charge in [-0.3, -0.25) is 9.67 Å². The minimum Gasteiger partial charge on any atom is -0.369 e. The van der Waals surface area contributed by atoms with Crippen LogP contribution in [0.25, 0.3) is 0 Å². The number of anilines is 1. The van der Waals surface area contributed by atoms with Gasteiger partial charge in [0.2, 0.25) is 0 Å². The first kappa shape index (κ1) is 20.2. The SMILES string of the molecule is CCNC(=NCC(C)Cn1nc(C)cc1C)NC1CCN(c2ccccc2)C1. The average Bonchev–Trinajstić information content (AvgIpc) is 3.27. The van der Waals surface area contributed by atoms with Crippen LogP contribution in [0.15, 0.2) is 41.4 Å². The maximum Gasteiger partial charge on any atom is 0.191 e. The van der Waals surface area contributed by atoms with E-state index in [2.05, 4.69) is 82.5 Å². The van der Waals surface area contributed by atoms with E-state index in [1.165, 1.54) is 11.4 Å². The van der Waals surface area contributed by atoms with E-state index in [0.717, 1.165) is 50.8 Å². The zero-order valence-corrected chi connectivity index (χ0v) is 17.7. The predicted octanol–water partition coefficient (Wildman–Crippen LogP) is 2.97. The van der Waals surface area contributed by atoms with Crippen molar-refractivity contribution in [3.63, 3.8) is 0 Å². The zero-order chi connectivity index (χ0) is 19.9. The van der Waals surface area contributed by atoms with Crippen LogP contribution in [0.1, 0.15) is 31.7 Å². The van der Waals surface area contributed by atoms with E-state index in [1.54, 1.807) is 0 Å². The van der Waals surface area contributed by atoms with Gasteiger partial charge in [0.25, 0.3) is 0 Å². The molecule has 3 rings (SSSR count). The number of aryl methyl sites for hydroxylation is 2. The van der Waals surface area contributed by atoms with Crippen molar-refractivity contribution >= 4 is 11.6 Å². The maximum absolute atomic E-state index is 4.84. The highest BCUT2D eigenvalue weighted by molar-refractivity contribution is 5.80. The zero-order valence-electron chi connectivity index (χ0n) is 17.7. The first-order valence-corrected chi connectivity index (χ1v) is 10.4. The summed E-state index contributed by atoms with van der Waals surface area (Å²) in [5.74, 6) is 1.35. The molecule has 0 amide bonds. The lowest BCUT2D eigenvalue weighted by molar-refractivity contribution is 0.449. The number of nitrogens with one attached hydrogen (secondary N) is 2. The molecular formula is C22H34N6. The van der Waals surface area contributed by atoms with Gasteiger partial charge in [-0.1, -0.05) is 25.1 Å². The highest BCUT2D eigenvalue weighted by Gasteiger charge is 2.23. The van der Waals surface area contributed by atoms with Crippen molar-refractivity contribution in [3.05, 3.63) is 47.8 Å². The molecule has 28 heavy (non-hydrogen) atoms. The number of benzene rings is 1. The molecule has 0 bridgehead atoms. The number of aliphatic imine (C=N–C) groups is 1.